The van der Waals surface area contributed by atoms with Crippen molar-refractivity contribution in [2.45, 2.75) is 19.5 Å². The maximum atomic E-state index is 12.6. The molecule has 1 aliphatic rings. The topological polar surface area (TPSA) is 132 Å². The third-order valence-electron chi connectivity index (χ3n) is 7.12. The molecule has 0 radical (unpaired) electrons. The smallest absolute Gasteiger partial charge is 0.337 e. The van der Waals surface area contributed by atoms with E-state index in [0.717, 1.165) is 22.0 Å². The van der Waals surface area contributed by atoms with Crippen molar-refractivity contribution in [3.8, 4) is 11.5 Å². The number of nitrogens with zero attached hydrogens (tertiary/aromatic N) is 2. The standard InChI is InChI=1S/C32H29Cl2N5O6/c1-18-29(31(41)44-3)30(37-32(42)36-18)19-9-11-26(27(12-19)43-2)45-17-28(40)38-35-14-21-16-39(25-7-5-4-6-23(21)25)15-20-8-10-22(33)13-24(20)34/h4-14,16,30H,15,17H2,1-3H3,(H,38,40)(H2,36,37,42)/b35-14-/t30-/m0/s1. The Bertz CT molecular complexity index is 1850. The Kier molecular flexibility index (Phi) is 9.60. The van der Waals surface area contributed by atoms with E-state index in [-0.39, 0.29) is 17.9 Å². The number of methoxy groups -OCH3 is 2. The number of benzene rings is 3. The molecule has 3 aromatic carbocycles. The number of hydrogen-bond donors (Lipinski definition) is 3. The maximum absolute atomic E-state index is 12.6. The predicted octanol–water partition coefficient (Wildman–Crippen LogP) is 5.34. The quantitative estimate of drug-likeness (QED) is 0.121. The minimum absolute atomic E-state index is 0.252. The summed E-state index contributed by atoms with van der Waals surface area (Å²) in [4.78, 5) is 37.1. The van der Waals surface area contributed by atoms with E-state index in [1.165, 1.54) is 14.2 Å². The van der Waals surface area contributed by atoms with Gasteiger partial charge in [-0.15, -0.1) is 0 Å². The van der Waals surface area contributed by atoms with Gasteiger partial charge >= 0.3 is 12.0 Å². The lowest BCUT2D eigenvalue weighted by Gasteiger charge is -2.28. The molecule has 232 valence electrons. The summed E-state index contributed by atoms with van der Waals surface area (Å²) in [6.07, 6.45) is 3.50. The van der Waals surface area contributed by atoms with Gasteiger partial charge in [0.25, 0.3) is 5.91 Å². The number of hydrazone groups is 1. The number of carbonyl (C=O) groups is 3. The molecule has 0 fully saturated rings. The lowest BCUT2D eigenvalue weighted by atomic mass is 9.95. The summed E-state index contributed by atoms with van der Waals surface area (Å²) in [5.41, 5.74) is 6.36. The highest BCUT2D eigenvalue weighted by Crippen LogP contribution is 2.34. The van der Waals surface area contributed by atoms with Crippen molar-refractivity contribution in [2.75, 3.05) is 20.8 Å². The number of aromatic nitrogens is 1. The number of hydrogen-bond acceptors (Lipinski definition) is 7. The number of para-hydroxylation sites is 1. The normalized spacial score (nSPS) is 14.7. The highest BCUT2D eigenvalue weighted by molar-refractivity contribution is 6.35. The van der Waals surface area contributed by atoms with Crippen LogP contribution in [0.4, 0.5) is 4.79 Å². The van der Waals surface area contributed by atoms with Gasteiger partial charge in [0.15, 0.2) is 18.1 Å². The van der Waals surface area contributed by atoms with Crippen LogP contribution < -0.4 is 25.5 Å². The Labute approximate surface area is 268 Å². The van der Waals surface area contributed by atoms with Crippen molar-refractivity contribution >= 4 is 58.2 Å². The van der Waals surface area contributed by atoms with Gasteiger partial charge in [-0.05, 0) is 48.4 Å². The van der Waals surface area contributed by atoms with Crippen LogP contribution in [0, 0.1) is 0 Å². The summed E-state index contributed by atoms with van der Waals surface area (Å²) in [5, 5.41) is 11.5. The van der Waals surface area contributed by atoms with E-state index in [1.54, 1.807) is 43.5 Å². The molecule has 3 amide bonds. The molecule has 0 spiro atoms. The predicted molar refractivity (Wildman–Crippen MR) is 171 cm³/mol. The van der Waals surface area contributed by atoms with Gasteiger partial charge in [-0.3, -0.25) is 4.79 Å². The molecule has 4 aromatic rings. The van der Waals surface area contributed by atoms with Gasteiger partial charge in [0.1, 0.15) is 0 Å². The molecule has 1 aromatic heterocycles. The van der Waals surface area contributed by atoms with Gasteiger partial charge in [-0.25, -0.2) is 15.0 Å². The molecule has 1 aliphatic heterocycles. The second kappa shape index (κ2) is 13.7. The Morgan fingerprint density at radius 3 is 2.62 bits per heavy atom. The van der Waals surface area contributed by atoms with Gasteiger partial charge < -0.3 is 29.4 Å². The van der Waals surface area contributed by atoms with Crippen molar-refractivity contribution in [3.05, 3.63) is 105 Å². The number of nitrogens with one attached hydrogen (secondary N) is 3. The highest BCUT2D eigenvalue weighted by atomic mass is 35.5. The van der Waals surface area contributed by atoms with Crippen LogP contribution in [0.5, 0.6) is 11.5 Å². The first-order chi connectivity index (χ1) is 21.7. The summed E-state index contributed by atoms with van der Waals surface area (Å²) in [5.74, 6) is -0.500. The Morgan fingerprint density at radius 2 is 1.87 bits per heavy atom. The molecule has 3 N–H and O–H groups in total. The number of urea groups is 1. The number of esters is 1. The molecule has 11 nitrogen and oxygen atoms in total. The van der Waals surface area contributed by atoms with Gasteiger partial charge in [0.05, 0.1) is 32.0 Å². The zero-order chi connectivity index (χ0) is 32.1. The van der Waals surface area contributed by atoms with Gasteiger partial charge in [-0.2, -0.15) is 5.10 Å². The number of halogens is 2. The average Bonchev–Trinajstić information content (AvgIpc) is 3.37. The fraction of sp³-hybridized carbons (Fsp3) is 0.188. The maximum Gasteiger partial charge on any atom is 0.337 e. The Morgan fingerprint density at radius 1 is 1.07 bits per heavy atom. The first-order valence-electron chi connectivity index (χ1n) is 13.7. The molecule has 0 saturated heterocycles. The van der Waals surface area contributed by atoms with Gasteiger partial charge in [0.2, 0.25) is 0 Å². The summed E-state index contributed by atoms with van der Waals surface area (Å²) < 4.78 is 18.1. The molecule has 2 heterocycles. The van der Waals surface area contributed by atoms with Crippen LogP contribution in [-0.2, 0) is 20.9 Å². The number of allylic oxidation sites excluding steroid dienone is 1. The summed E-state index contributed by atoms with van der Waals surface area (Å²) in [6, 6.07) is 16.9. The van der Waals surface area contributed by atoms with Crippen molar-refractivity contribution in [1.82, 2.24) is 20.6 Å². The molecule has 0 aliphatic carbocycles. The largest absolute Gasteiger partial charge is 0.493 e. The summed E-state index contributed by atoms with van der Waals surface area (Å²) in [7, 11) is 2.71. The fourth-order valence-corrected chi connectivity index (χ4v) is 5.47. The monoisotopic (exact) mass is 649 g/mol. The van der Waals surface area contributed by atoms with Crippen LogP contribution in [0.25, 0.3) is 10.9 Å². The Balaban J connectivity index is 1.25. The second-order valence-electron chi connectivity index (χ2n) is 10.0. The first kappa shape index (κ1) is 31.4. The van der Waals surface area contributed by atoms with Crippen molar-refractivity contribution in [3.63, 3.8) is 0 Å². The van der Waals surface area contributed by atoms with E-state index < -0.39 is 23.9 Å². The van der Waals surface area contributed by atoms with Crippen LogP contribution in [-0.4, -0.2) is 49.5 Å². The fourth-order valence-electron chi connectivity index (χ4n) is 5.00. The van der Waals surface area contributed by atoms with E-state index in [2.05, 4.69) is 21.2 Å². The van der Waals surface area contributed by atoms with Crippen LogP contribution in [0.3, 0.4) is 0 Å². The zero-order valence-electron chi connectivity index (χ0n) is 24.5. The molecule has 0 bridgehead atoms. The average molecular weight is 651 g/mol. The van der Waals surface area contributed by atoms with Crippen molar-refractivity contribution in [1.29, 1.82) is 0 Å². The van der Waals surface area contributed by atoms with E-state index >= 15 is 0 Å². The third-order valence-corrected chi connectivity index (χ3v) is 7.71. The van der Waals surface area contributed by atoms with Crippen LogP contribution in [0.15, 0.2) is 83.2 Å². The highest BCUT2D eigenvalue weighted by Gasteiger charge is 2.32. The summed E-state index contributed by atoms with van der Waals surface area (Å²) >= 11 is 12.4. The third kappa shape index (κ3) is 7.05. The number of ether oxygens (including phenoxy) is 3. The number of rotatable bonds is 10. The SMILES string of the molecule is COC(=O)C1=C(C)NC(=O)N[C@H]1c1ccc(OCC(=O)N/N=C\c2cn(Cc3ccc(Cl)cc3Cl)c3ccccc23)c(OC)c1. The van der Waals surface area contributed by atoms with Crippen LogP contribution in [0.2, 0.25) is 10.0 Å². The van der Waals surface area contributed by atoms with Gasteiger partial charge in [0, 0.05) is 45.0 Å². The molecule has 0 unspecified atom stereocenters. The summed E-state index contributed by atoms with van der Waals surface area (Å²) in [6.45, 7) is 1.79. The molecule has 13 heteroatoms. The number of fused-ring (bicyclic) bond motifs is 1. The minimum Gasteiger partial charge on any atom is -0.493 e. The molecule has 45 heavy (non-hydrogen) atoms. The lowest BCUT2D eigenvalue weighted by molar-refractivity contribution is -0.136. The molecule has 5 rings (SSSR count). The van der Waals surface area contributed by atoms with Crippen molar-refractivity contribution in [2.24, 2.45) is 5.10 Å². The number of amides is 3. The molecular formula is C32H29Cl2N5O6. The molecular weight excluding hydrogens is 621 g/mol. The van der Waals surface area contributed by atoms with E-state index in [9.17, 15) is 14.4 Å². The first-order valence-corrected chi connectivity index (χ1v) is 14.4. The van der Waals surface area contributed by atoms with E-state index in [1.807, 2.05) is 41.1 Å². The number of carbonyl (C=O) groups excluding carboxylic acids is 3. The van der Waals surface area contributed by atoms with Crippen LogP contribution >= 0.6 is 23.2 Å². The van der Waals surface area contributed by atoms with Crippen LogP contribution in [0.1, 0.15) is 29.7 Å². The van der Waals surface area contributed by atoms with Gasteiger partial charge in [-0.1, -0.05) is 53.5 Å². The van der Waals surface area contributed by atoms with Crippen molar-refractivity contribution < 1.29 is 28.6 Å². The molecule has 1 atom stereocenters. The van der Waals surface area contributed by atoms with E-state index in [0.29, 0.717) is 33.6 Å². The minimum atomic E-state index is -0.777. The Hall–Kier alpha value is -5.00. The second-order valence-corrected chi connectivity index (χ2v) is 10.9. The lowest BCUT2D eigenvalue weighted by Crippen LogP contribution is -2.45. The zero-order valence-corrected chi connectivity index (χ0v) is 26.0. The van der Waals surface area contributed by atoms with E-state index in [4.69, 9.17) is 37.4 Å². The molecule has 0 saturated carbocycles.